The number of piperazine rings is 1. The predicted molar refractivity (Wildman–Crippen MR) is 86.1 cm³/mol. The van der Waals surface area contributed by atoms with Crippen molar-refractivity contribution in [3.63, 3.8) is 0 Å². The number of aromatic nitrogens is 2. The number of likely N-dealkylation sites (N-methyl/N-ethyl adjacent to an activating group) is 1. The summed E-state index contributed by atoms with van der Waals surface area (Å²) >= 11 is 0. The van der Waals surface area contributed by atoms with Crippen LogP contribution in [0.2, 0.25) is 0 Å². The Morgan fingerprint density at radius 1 is 1.14 bits per heavy atom. The van der Waals surface area contributed by atoms with Crippen LogP contribution in [0.1, 0.15) is 10.5 Å². The molecule has 0 radical (unpaired) electrons. The maximum atomic E-state index is 12.3. The van der Waals surface area contributed by atoms with Gasteiger partial charge in [-0.15, -0.1) is 0 Å². The molecule has 3 rings (SSSR count). The molecule has 6 heteroatoms. The van der Waals surface area contributed by atoms with Crippen molar-refractivity contribution in [2.45, 2.75) is 0 Å². The number of hydrogen-bond acceptors (Lipinski definition) is 5. The van der Waals surface area contributed by atoms with Gasteiger partial charge in [0.2, 0.25) is 0 Å². The van der Waals surface area contributed by atoms with Crippen molar-refractivity contribution in [2.24, 2.45) is 0 Å². The van der Waals surface area contributed by atoms with E-state index in [-0.39, 0.29) is 5.91 Å². The summed E-state index contributed by atoms with van der Waals surface area (Å²) in [7, 11) is 2.12. The zero-order valence-corrected chi connectivity index (χ0v) is 12.6. The molecule has 1 aromatic heterocycles. The second-order valence-electron chi connectivity index (χ2n) is 5.35. The summed E-state index contributed by atoms with van der Waals surface area (Å²) in [6.45, 7) is 3.95. The molecule has 2 heterocycles. The van der Waals surface area contributed by atoms with Crippen molar-refractivity contribution < 1.29 is 4.79 Å². The standard InChI is InChI=1S/C16H19N5O/c1-20-8-10-21(11-9-20)15-5-3-2-4-13(15)19-16(22)14-12-17-6-7-18-14/h2-7,12H,8-11H2,1H3,(H,19,22). The van der Waals surface area contributed by atoms with E-state index in [0.717, 1.165) is 37.6 Å². The molecule has 1 fully saturated rings. The molecule has 0 spiro atoms. The largest absolute Gasteiger partial charge is 0.367 e. The van der Waals surface area contributed by atoms with E-state index in [1.54, 1.807) is 6.20 Å². The van der Waals surface area contributed by atoms with Crippen molar-refractivity contribution in [1.29, 1.82) is 0 Å². The molecule has 1 N–H and O–H groups in total. The fourth-order valence-corrected chi connectivity index (χ4v) is 2.51. The van der Waals surface area contributed by atoms with E-state index < -0.39 is 0 Å². The third-order valence-corrected chi connectivity index (χ3v) is 3.79. The van der Waals surface area contributed by atoms with Crippen molar-refractivity contribution >= 4 is 17.3 Å². The van der Waals surface area contributed by atoms with Crippen molar-refractivity contribution in [1.82, 2.24) is 14.9 Å². The quantitative estimate of drug-likeness (QED) is 0.930. The van der Waals surface area contributed by atoms with Crippen LogP contribution in [0.25, 0.3) is 0 Å². The van der Waals surface area contributed by atoms with Crippen LogP contribution < -0.4 is 10.2 Å². The topological polar surface area (TPSA) is 61.4 Å². The maximum Gasteiger partial charge on any atom is 0.275 e. The highest BCUT2D eigenvalue weighted by atomic mass is 16.1. The second-order valence-corrected chi connectivity index (χ2v) is 5.35. The van der Waals surface area contributed by atoms with Gasteiger partial charge in [0.05, 0.1) is 17.6 Å². The average Bonchev–Trinajstić information content (AvgIpc) is 2.57. The minimum absolute atomic E-state index is 0.241. The van der Waals surface area contributed by atoms with Crippen molar-refractivity contribution in [3.05, 3.63) is 48.5 Å². The lowest BCUT2D eigenvalue weighted by molar-refractivity contribution is 0.102. The molecular weight excluding hydrogens is 278 g/mol. The highest BCUT2D eigenvalue weighted by Crippen LogP contribution is 2.26. The van der Waals surface area contributed by atoms with Gasteiger partial charge in [0.1, 0.15) is 5.69 Å². The van der Waals surface area contributed by atoms with E-state index in [4.69, 9.17) is 0 Å². The molecule has 6 nitrogen and oxygen atoms in total. The summed E-state index contributed by atoms with van der Waals surface area (Å²) in [5.74, 6) is -0.241. The van der Waals surface area contributed by atoms with Gasteiger partial charge in [-0.25, -0.2) is 4.98 Å². The normalized spacial score (nSPS) is 15.6. The van der Waals surface area contributed by atoms with Crippen LogP contribution in [0.5, 0.6) is 0 Å². The van der Waals surface area contributed by atoms with Crippen LogP contribution in [0.4, 0.5) is 11.4 Å². The molecule has 0 atom stereocenters. The monoisotopic (exact) mass is 297 g/mol. The fraction of sp³-hybridized carbons (Fsp3) is 0.312. The number of anilines is 2. The van der Waals surface area contributed by atoms with Gasteiger partial charge in [-0.2, -0.15) is 0 Å². The van der Waals surface area contributed by atoms with Crippen molar-refractivity contribution in [2.75, 3.05) is 43.4 Å². The second kappa shape index (κ2) is 6.53. The first-order valence-corrected chi connectivity index (χ1v) is 7.34. The molecule has 0 aliphatic carbocycles. The van der Waals surface area contributed by atoms with E-state index in [0.29, 0.717) is 5.69 Å². The number of benzene rings is 1. The average molecular weight is 297 g/mol. The molecule has 1 aliphatic heterocycles. The Morgan fingerprint density at radius 3 is 2.64 bits per heavy atom. The van der Waals surface area contributed by atoms with E-state index in [1.165, 1.54) is 12.4 Å². The fourth-order valence-electron chi connectivity index (χ4n) is 2.51. The van der Waals surface area contributed by atoms with Gasteiger partial charge in [0.15, 0.2) is 0 Å². The van der Waals surface area contributed by atoms with E-state index >= 15 is 0 Å². The third kappa shape index (κ3) is 3.23. The van der Waals surface area contributed by atoms with Crippen molar-refractivity contribution in [3.8, 4) is 0 Å². The summed E-state index contributed by atoms with van der Waals surface area (Å²) in [6.07, 6.45) is 4.53. The minimum atomic E-state index is -0.241. The first kappa shape index (κ1) is 14.5. The van der Waals surface area contributed by atoms with Gasteiger partial charge >= 0.3 is 0 Å². The summed E-state index contributed by atoms with van der Waals surface area (Å²) in [5, 5.41) is 2.94. The number of hydrogen-bond donors (Lipinski definition) is 1. The summed E-state index contributed by atoms with van der Waals surface area (Å²) in [5.41, 5.74) is 2.17. The van der Waals surface area contributed by atoms with Crippen LogP contribution in [-0.4, -0.2) is 54.0 Å². The zero-order valence-electron chi connectivity index (χ0n) is 12.6. The van der Waals surface area contributed by atoms with E-state index in [2.05, 4.69) is 32.1 Å². The smallest absolute Gasteiger partial charge is 0.275 e. The molecule has 22 heavy (non-hydrogen) atoms. The van der Waals surface area contributed by atoms with Gasteiger partial charge < -0.3 is 15.1 Å². The molecular formula is C16H19N5O. The van der Waals surface area contributed by atoms with Gasteiger partial charge in [-0.05, 0) is 19.2 Å². The molecule has 114 valence electrons. The third-order valence-electron chi connectivity index (χ3n) is 3.79. The minimum Gasteiger partial charge on any atom is -0.367 e. The SMILES string of the molecule is CN1CCN(c2ccccc2NC(=O)c2cnccn2)CC1. The van der Waals surface area contributed by atoms with Crippen LogP contribution in [0.15, 0.2) is 42.9 Å². The van der Waals surface area contributed by atoms with E-state index in [1.807, 2.05) is 24.3 Å². The Hall–Kier alpha value is -2.47. The Morgan fingerprint density at radius 2 is 1.91 bits per heavy atom. The number of para-hydroxylation sites is 2. The highest BCUT2D eigenvalue weighted by molar-refractivity contribution is 6.04. The van der Waals surface area contributed by atoms with Gasteiger partial charge in [-0.1, -0.05) is 12.1 Å². The number of carbonyl (C=O) groups is 1. The van der Waals surface area contributed by atoms with Crippen LogP contribution >= 0.6 is 0 Å². The Bertz CT molecular complexity index is 638. The highest BCUT2D eigenvalue weighted by Gasteiger charge is 2.18. The molecule has 1 saturated heterocycles. The van der Waals surface area contributed by atoms with Crippen LogP contribution in [-0.2, 0) is 0 Å². The molecule has 1 aromatic carbocycles. The molecule has 1 amide bonds. The number of nitrogens with one attached hydrogen (secondary N) is 1. The van der Waals surface area contributed by atoms with Crippen LogP contribution in [0.3, 0.4) is 0 Å². The number of rotatable bonds is 3. The molecule has 2 aromatic rings. The molecule has 0 saturated carbocycles. The predicted octanol–water partition coefficient (Wildman–Crippen LogP) is 1.48. The van der Waals surface area contributed by atoms with Gasteiger partial charge in [0, 0.05) is 38.6 Å². The molecule has 1 aliphatic rings. The number of nitrogens with zero attached hydrogens (tertiary/aromatic N) is 4. The lowest BCUT2D eigenvalue weighted by Gasteiger charge is -2.35. The Kier molecular flexibility index (Phi) is 4.29. The summed E-state index contributed by atoms with van der Waals surface area (Å²) < 4.78 is 0. The first-order chi connectivity index (χ1) is 10.7. The van der Waals surface area contributed by atoms with Gasteiger partial charge in [-0.3, -0.25) is 9.78 Å². The maximum absolute atomic E-state index is 12.3. The van der Waals surface area contributed by atoms with Crippen LogP contribution in [0, 0.1) is 0 Å². The Labute approximate surface area is 129 Å². The first-order valence-electron chi connectivity index (χ1n) is 7.34. The number of carbonyl (C=O) groups excluding carboxylic acids is 1. The summed E-state index contributed by atoms with van der Waals surface area (Å²) in [6, 6.07) is 7.87. The number of amides is 1. The lowest BCUT2D eigenvalue weighted by Crippen LogP contribution is -2.44. The Balaban J connectivity index is 1.78. The van der Waals surface area contributed by atoms with Gasteiger partial charge in [0.25, 0.3) is 5.91 Å². The lowest BCUT2D eigenvalue weighted by atomic mass is 10.2. The zero-order chi connectivity index (χ0) is 15.4. The molecule has 0 unspecified atom stereocenters. The summed E-state index contributed by atoms with van der Waals surface area (Å²) in [4.78, 5) is 24.8. The molecule has 0 bridgehead atoms. The van der Waals surface area contributed by atoms with E-state index in [9.17, 15) is 4.79 Å².